The SMILES string of the molecule is COC(=O)C1CCCC2(CC2)C1. The summed E-state index contributed by atoms with van der Waals surface area (Å²) in [5.41, 5.74) is 0.580. The van der Waals surface area contributed by atoms with Crippen LogP contribution in [0.3, 0.4) is 0 Å². The average Bonchev–Trinajstić information content (AvgIpc) is 2.84. The van der Waals surface area contributed by atoms with Gasteiger partial charge in [-0.25, -0.2) is 0 Å². The molecule has 2 aliphatic carbocycles. The summed E-state index contributed by atoms with van der Waals surface area (Å²) in [5, 5.41) is 0. The van der Waals surface area contributed by atoms with Crippen molar-refractivity contribution in [3.63, 3.8) is 0 Å². The monoisotopic (exact) mass is 168 g/mol. The fourth-order valence-corrected chi connectivity index (χ4v) is 2.45. The van der Waals surface area contributed by atoms with Crippen LogP contribution in [0.5, 0.6) is 0 Å². The molecule has 1 spiro atoms. The second kappa shape index (κ2) is 2.75. The summed E-state index contributed by atoms with van der Waals surface area (Å²) in [5.74, 6) is 0.229. The number of hydrogen-bond acceptors (Lipinski definition) is 2. The molecule has 2 saturated carbocycles. The molecule has 1 atom stereocenters. The van der Waals surface area contributed by atoms with Crippen LogP contribution in [0, 0.1) is 11.3 Å². The van der Waals surface area contributed by atoms with Gasteiger partial charge in [-0.05, 0) is 37.5 Å². The summed E-state index contributed by atoms with van der Waals surface area (Å²) in [6, 6.07) is 0. The van der Waals surface area contributed by atoms with E-state index in [1.54, 1.807) is 0 Å². The summed E-state index contributed by atoms with van der Waals surface area (Å²) < 4.78 is 4.77. The lowest BCUT2D eigenvalue weighted by atomic mass is 9.79. The normalized spacial score (nSPS) is 31.6. The molecule has 0 aliphatic heterocycles. The second-order valence-electron chi connectivity index (χ2n) is 4.32. The Labute approximate surface area is 73.3 Å². The van der Waals surface area contributed by atoms with Gasteiger partial charge in [0.15, 0.2) is 0 Å². The summed E-state index contributed by atoms with van der Waals surface area (Å²) in [7, 11) is 1.50. The number of hydrogen-bond donors (Lipinski definition) is 0. The van der Waals surface area contributed by atoms with E-state index in [9.17, 15) is 4.79 Å². The van der Waals surface area contributed by atoms with Crippen LogP contribution in [0.4, 0.5) is 0 Å². The van der Waals surface area contributed by atoms with Crippen LogP contribution in [0.1, 0.15) is 38.5 Å². The molecule has 0 aromatic carbocycles. The van der Waals surface area contributed by atoms with E-state index in [2.05, 4.69) is 0 Å². The van der Waals surface area contributed by atoms with Crippen molar-refractivity contribution in [1.82, 2.24) is 0 Å². The fraction of sp³-hybridized carbons (Fsp3) is 0.900. The van der Waals surface area contributed by atoms with Crippen LogP contribution in [-0.4, -0.2) is 13.1 Å². The first-order valence-corrected chi connectivity index (χ1v) is 4.84. The van der Waals surface area contributed by atoms with Crippen LogP contribution in [-0.2, 0) is 9.53 Å². The van der Waals surface area contributed by atoms with Crippen molar-refractivity contribution in [2.24, 2.45) is 11.3 Å². The largest absolute Gasteiger partial charge is 0.469 e. The number of esters is 1. The number of ether oxygens (including phenoxy) is 1. The first-order valence-electron chi connectivity index (χ1n) is 4.84. The highest BCUT2D eigenvalue weighted by Gasteiger charge is 2.47. The Balaban J connectivity index is 1.94. The summed E-state index contributed by atoms with van der Waals surface area (Å²) in [4.78, 5) is 11.3. The van der Waals surface area contributed by atoms with Crippen LogP contribution in [0.15, 0.2) is 0 Å². The molecule has 68 valence electrons. The van der Waals surface area contributed by atoms with Crippen molar-refractivity contribution >= 4 is 5.97 Å². The van der Waals surface area contributed by atoms with Gasteiger partial charge in [0.05, 0.1) is 13.0 Å². The molecule has 0 saturated heterocycles. The topological polar surface area (TPSA) is 26.3 Å². The minimum Gasteiger partial charge on any atom is -0.469 e. The predicted octanol–water partition coefficient (Wildman–Crippen LogP) is 2.13. The average molecular weight is 168 g/mol. The van der Waals surface area contributed by atoms with Crippen molar-refractivity contribution < 1.29 is 9.53 Å². The van der Waals surface area contributed by atoms with Gasteiger partial charge in [0.25, 0.3) is 0 Å². The third-order valence-corrected chi connectivity index (χ3v) is 3.43. The van der Waals surface area contributed by atoms with E-state index in [0.717, 1.165) is 12.8 Å². The lowest BCUT2D eigenvalue weighted by Gasteiger charge is -2.26. The molecule has 0 bridgehead atoms. The number of carbonyl (C=O) groups is 1. The minimum atomic E-state index is 0.0148. The number of methoxy groups -OCH3 is 1. The molecule has 2 nitrogen and oxygen atoms in total. The maximum Gasteiger partial charge on any atom is 0.308 e. The zero-order valence-corrected chi connectivity index (χ0v) is 7.64. The summed E-state index contributed by atoms with van der Waals surface area (Å²) in [6.45, 7) is 0. The lowest BCUT2D eigenvalue weighted by Crippen LogP contribution is -2.24. The number of carbonyl (C=O) groups excluding carboxylic acids is 1. The summed E-state index contributed by atoms with van der Waals surface area (Å²) >= 11 is 0. The molecule has 0 radical (unpaired) electrons. The highest BCUT2D eigenvalue weighted by molar-refractivity contribution is 5.72. The van der Waals surface area contributed by atoms with Crippen LogP contribution < -0.4 is 0 Å². The molecule has 2 fully saturated rings. The Bertz CT molecular complexity index is 194. The summed E-state index contributed by atoms with van der Waals surface area (Å²) in [6.07, 6.45) is 7.41. The van der Waals surface area contributed by atoms with Crippen molar-refractivity contribution in [1.29, 1.82) is 0 Å². The van der Waals surface area contributed by atoms with Crippen molar-refractivity contribution in [2.45, 2.75) is 38.5 Å². The lowest BCUT2D eigenvalue weighted by molar-refractivity contribution is -0.147. The van der Waals surface area contributed by atoms with Gasteiger partial charge in [0, 0.05) is 0 Å². The Morgan fingerprint density at radius 3 is 2.75 bits per heavy atom. The van der Waals surface area contributed by atoms with Gasteiger partial charge in [-0.3, -0.25) is 4.79 Å². The quantitative estimate of drug-likeness (QED) is 0.561. The maximum absolute atomic E-state index is 11.3. The van der Waals surface area contributed by atoms with E-state index < -0.39 is 0 Å². The molecular weight excluding hydrogens is 152 g/mol. The predicted molar refractivity (Wildman–Crippen MR) is 45.6 cm³/mol. The van der Waals surface area contributed by atoms with E-state index in [1.165, 1.54) is 32.8 Å². The molecule has 0 amide bonds. The van der Waals surface area contributed by atoms with Gasteiger partial charge in [-0.15, -0.1) is 0 Å². The van der Waals surface area contributed by atoms with E-state index in [1.807, 2.05) is 0 Å². The zero-order valence-electron chi connectivity index (χ0n) is 7.64. The Kier molecular flexibility index (Phi) is 1.85. The molecular formula is C10H16O2. The fourth-order valence-electron chi connectivity index (χ4n) is 2.45. The van der Waals surface area contributed by atoms with E-state index in [0.29, 0.717) is 5.41 Å². The Hall–Kier alpha value is -0.530. The molecule has 2 aliphatic rings. The molecule has 0 aromatic rings. The van der Waals surface area contributed by atoms with Crippen molar-refractivity contribution in [3.8, 4) is 0 Å². The van der Waals surface area contributed by atoms with Crippen LogP contribution in [0.25, 0.3) is 0 Å². The highest BCUT2D eigenvalue weighted by Crippen LogP contribution is 2.57. The van der Waals surface area contributed by atoms with Gasteiger partial charge < -0.3 is 4.74 Å². The standard InChI is InChI=1S/C10H16O2/c1-12-9(11)8-3-2-4-10(7-8)5-6-10/h8H,2-7H2,1H3. The highest BCUT2D eigenvalue weighted by atomic mass is 16.5. The van der Waals surface area contributed by atoms with E-state index in [-0.39, 0.29) is 11.9 Å². The van der Waals surface area contributed by atoms with Gasteiger partial charge in [0.2, 0.25) is 0 Å². The molecule has 0 aromatic heterocycles. The zero-order chi connectivity index (χ0) is 8.60. The smallest absolute Gasteiger partial charge is 0.308 e. The second-order valence-corrected chi connectivity index (χ2v) is 4.32. The molecule has 0 heterocycles. The molecule has 2 rings (SSSR count). The van der Waals surface area contributed by atoms with Gasteiger partial charge in [0.1, 0.15) is 0 Å². The van der Waals surface area contributed by atoms with Gasteiger partial charge in [-0.2, -0.15) is 0 Å². The molecule has 0 N–H and O–H groups in total. The molecule has 1 unspecified atom stereocenters. The van der Waals surface area contributed by atoms with E-state index in [4.69, 9.17) is 4.74 Å². The minimum absolute atomic E-state index is 0.0148. The first kappa shape index (κ1) is 8.09. The Morgan fingerprint density at radius 2 is 2.17 bits per heavy atom. The molecule has 2 heteroatoms. The third kappa shape index (κ3) is 1.35. The van der Waals surface area contributed by atoms with Crippen molar-refractivity contribution in [3.05, 3.63) is 0 Å². The Morgan fingerprint density at radius 1 is 1.42 bits per heavy atom. The van der Waals surface area contributed by atoms with Gasteiger partial charge >= 0.3 is 5.97 Å². The van der Waals surface area contributed by atoms with Crippen molar-refractivity contribution in [2.75, 3.05) is 7.11 Å². The third-order valence-electron chi connectivity index (χ3n) is 3.43. The van der Waals surface area contributed by atoms with Crippen LogP contribution in [0.2, 0.25) is 0 Å². The maximum atomic E-state index is 11.3. The molecule has 12 heavy (non-hydrogen) atoms. The first-order chi connectivity index (χ1) is 5.76. The van der Waals surface area contributed by atoms with Gasteiger partial charge in [-0.1, -0.05) is 6.42 Å². The van der Waals surface area contributed by atoms with Crippen LogP contribution >= 0.6 is 0 Å². The number of rotatable bonds is 1. The van der Waals surface area contributed by atoms with E-state index >= 15 is 0 Å².